The van der Waals surface area contributed by atoms with Gasteiger partial charge in [-0.3, -0.25) is 4.79 Å². The number of rotatable bonds is 5. The van der Waals surface area contributed by atoms with Crippen LogP contribution in [0.2, 0.25) is 0 Å². The number of nitrogens with zero attached hydrogens (tertiary/aromatic N) is 3. The maximum atomic E-state index is 12.5. The Bertz CT molecular complexity index is 494. The number of aromatic nitrogens is 1. The lowest BCUT2D eigenvalue weighted by atomic mass is 10.0. The first-order chi connectivity index (χ1) is 10.0. The largest absolute Gasteiger partial charge is 0.481 e. The molecule has 1 saturated heterocycles. The number of carbonyl (C=O) groups is 2. The molecule has 8 heteroatoms. The lowest BCUT2D eigenvalue weighted by Crippen LogP contribution is -2.50. The molecule has 2 rings (SSSR count). The molecule has 0 radical (unpaired) electrons. The van der Waals surface area contributed by atoms with E-state index in [1.807, 2.05) is 12.3 Å². The Kier molecular flexibility index (Phi) is 5.13. The summed E-state index contributed by atoms with van der Waals surface area (Å²) < 4.78 is 5.25. The van der Waals surface area contributed by atoms with E-state index < -0.39 is 17.9 Å². The van der Waals surface area contributed by atoms with Gasteiger partial charge in [-0.05, 0) is 6.92 Å². The SMILES string of the molecule is CCN(C(=O)N(C)Cc1cscn1)C1COCC1C(=O)O. The second kappa shape index (κ2) is 6.86. The Hall–Kier alpha value is -1.67. The smallest absolute Gasteiger partial charge is 0.320 e. The van der Waals surface area contributed by atoms with Crippen molar-refractivity contribution < 1.29 is 19.4 Å². The van der Waals surface area contributed by atoms with Crippen LogP contribution in [0.15, 0.2) is 10.9 Å². The zero-order chi connectivity index (χ0) is 15.4. The lowest BCUT2D eigenvalue weighted by Gasteiger charge is -2.32. The van der Waals surface area contributed by atoms with E-state index in [1.54, 1.807) is 22.4 Å². The van der Waals surface area contributed by atoms with Crippen molar-refractivity contribution in [1.29, 1.82) is 0 Å². The summed E-state index contributed by atoms with van der Waals surface area (Å²) >= 11 is 1.48. The summed E-state index contributed by atoms with van der Waals surface area (Å²) in [5.41, 5.74) is 2.54. The fourth-order valence-electron chi connectivity index (χ4n) is 2.44. The number of thiazole rings is 1. The zero-order valence-electron chi connectivity index (χ0n) is 12.1. The predicted octanol–water partition coefficient (Wildman–Crippen LogP) is 1.12. The summed E-state index contributed by atoms with van der Waals surface area (Å²) in [7, 11) is 1.69. The number of ether oxygens (including phenoxy) is 1. The van der Waals surface area contributed by atoms with E-state index >= 15 is 0 Å². The molecular weight excluding hydrogens is 294 g/mol. The number of likely N-dealkylation sites (N-methyl/N-ethyl adjacent to an activating group) is 1. The first-order valence-electron chi connectivity index (χ1n) is 6.74. The molecule has 1 aromatic rings. The van der Waals surface area contributed by atoms with Crippen molar-refractivity contribution in [3.8, 4) is 0 Å². The first-order valence-corrected chi connectivity index (χ1v) is 7.68. The van der Waals surface area contributed by atoms with Gasteiger partial charge in [0, 0.05) is 19.0 Å². The van der Waals surface area contributed by atoms with Crippen molar-refractivity contribution in [3.63, 3.8) is 0 Å². The topological polar surface area (TPSA) is 83.0 Å². The predicted molar refractivity (Wildman–Crippen MR) is 77.1 cm³/mol. The number of amides is 2. The lowest BCUT2D eigenvalue weighted by molar-refractivity contribution is -0.142. The minimum atomic E-state index is -0.925. The summed E-state index contributed by atoms with van der Waals surface area (Å²) in [6.07, 6.45) is 0. The molecule has 7 nitrogen and oxygen atoms in total. The molecule has 1 fully saturated rings. The molecular formula is C13H19N3O4S. The second-order valence-electron chi connectivity index (χ2n) is 4.95. The van der Waals surface area contributed by atoms with E-state index in [0.717, 1.165) is 5.69 Å². The number of carboxylic acids is 1. The van der Waals surface area contributed by atoms with Crippen LogP contribution in [-0.4, -0.2) is 64.7 Å². The summed E-state index contributed by atoms with van der Waals surface area (Å²) in [4.78, 5) is 31.0. The molecule has 2 atom stereocenters. The number of hydrogen-bond acceptors (Lipinski definition) is 5. The quantitative estimate of drug-likeness (QED) is 0.880. The van der Waals surface area contributed by atoms with E-state index in [4.69, 9.17) is 4.74 Å². The Morgan fingerprint density at radius 2 is 2.29 bits per heavy atom. The van der Waals surface area contributed by atoms with Crippen LogP contribution in [0.1, 0.15) is 12.6 Å². The van der Waals surface area contributed by atoms with Gasteiger partial charge in [-0.2, -0.15) is 0 Å². The molecule has 2 heterocycles. The standard InChI is InChI=1S/C13H19N3O4S/c1-3-16(11-6-20-5-10(11)12(17)18)13(19)15(2)4-9-7-21-8-14-9/h7-8,10-11H,3-6H2,1-2H3,(H,17,18). The van der Waals surface area contributed by atoms with Gasteiger partial charge in [0.2, 0.25) is 0 Å². The fraction of sp³-hybridized carbons (Fsp3) is 0.615. The molecule has 0 spiro atoms. The number of hydrogen-bond donors (Lipinski definition) is 1. The Labute approximate surface area is 127 Å². The van der Waals surface area contributed by atoms with Crippen LogP contribution in [0, 0.1) is 5.92 Å². The first kappa shape index (κ1) is 15.7. The average Bonchev–Trinajstić information content (AvgIpc) is 3.10. The van der Waals surface area contributed by atoms with E-state index in [-0.39, 0.29) is 19.2 Å². The molecule has 1 aromatic heterocycles. The van der Waals surface area contributed by atoms with E-state index in [0.29, 0.717) is 13.1 Å². The summed E-state index contributed by atoms with van der Waals surface area (Å²) in [5, 5.41) is 11.1. The van der Waals surface area contributed by atoms with Crippen LogP contribution in [0.3, 0.4) is 0 Å². The van der Waals surface area contributed by atoms with Crippen LogP contribution in [0.25, 0.3) is 0 Å². The molecule has 1 aliphatic heterocycles. The molecule has 0 aromatic carbocycles. The van der Waals surface area contributed by atoms with Gasteiger partial charge in [0.1, 0.15) is 5.92 Å². The molecule has 0 aliphatic carbocycles. The van der Waals surface area contributed by atoms with Crippen LogP contribution in [0.4, 0.5) is 4.79 Å². The van der Waals surface area contributed by atoms with Crippen molar-refractivity contribution >= 4 is 23.3 Å². The van der Waals surface area contributed by atoms with Crippen LogP contribution >= 0.6 is 11.3 Å². The third-order valence-corrected chi connectivity index (χ3v) is 4.20. The molecule has 1 aliphatic rings. The average molecular weight is 313 g/mol. The van der Waals surface area contributed by atoms with Crippen molar-refractivity contribution in [2.45, 2.75) is 19.5 Å². The maximum Gasteiger partial charge on any atom is 0.320 e. The van der Waals surface area contributed by atoms with Gasteiger partial charge in [-0.25, -0.2) is 9.78 Å². The number of aliphatic carboxylic acids is 1. The molecule has 116 valence electrons. The van der Waals surface area contributed by atoms with Crippen LogP contribution in [0.5, 0.6) is 0 Å². The minimum Gasteiger partial charge on any atom is -0.481 e. The zero-order valence-corrected chi connectivity index (χ0v) is 12.9. The molecule has 0 bridgehead atoms. The molecule has 2 unspecified atom stereocenters. The molecule has 0 saturated carbocycles. The van der Waals surface area contributed by atoms with Gasteiger partial charge in [0.25, 0.3) is 0 Å². The van der Waals surface area contributed by atoms with Gasteiger partial charge in [0.05, 0.1) is 37.0 Å². The van der Waals surface area contributed by atoms with E-state index in [1.165, 1.54) is 11.3 Å². The van der Waals surface area contributed by atoms with Crippen LogP contribution < -0.4 is 0 Å². The minimum absolute atomic E-state index is 0.152. The highest BCUT2D eigenvalue weighted by molar-refractivity contribution is 7.07. The number of carboxylic acid groups (broad SMARTS) is 1. The fourth-order valence-corrected chi connectivity index (χ4v) is 2.99. The van der Waals surface area contributed by atoms with Crippen molar-refractivity contribution in [2.75, 3.05) is 26.8 Å². The van der Waals surface area contributed by atoms with Gasteiger partial charge < -0.3 is 19.6 Å². The van der Waals surface area contributed by atoms with Crippen molar-refractivity contribution in [2.24, 2.45) is 5.92 Å². The maximum absolute atomic E-state index is 12.5. The van der Waals surface area contributed by atoms with Gasteiger partial charge in [-0.1, -0.05) is 0 Å². The highest BCUT2D eigenvalue weighted by atomic mass is 32.1. The van der Waals surface area contributed by atoms with Crippen LogP contribution in [-0.2, 0) is 16.1 Å². The Balaban J connectivity index is 2.05. The second-order valence-corrected chi connectivity index (χ2v) is 5.67. The molecule has 1 N–H and O–H groups in total. The summed E-state index contributed by atoms with van der Waals surface area (Å²) in [6.45, 7) is 3.11. The third-order valence-electron chi connectivity index (χ3n) is 3.56. The van der Waals surface area contributed by atoms with E-state index in [2.05, 4.69) is 4.98 Å². The van der Waals surface area contributed by atoms with Gasteiger partial charge in [-0.15, -0.1) is 11.3 Å². The van der Waals surface area contributed by atoms with Gasteiger partial charge in [0.15, 0.2) is 0 Å². The monoisotopic (exact) mass is 313 g/mol. The highest BCUT2D eigenvalue weighted by Crippen LogP contribution is 2.21. The summed E-state index contributed by atoms with van der Waals surface area (Å²) in [5.74, 6) is -1.59. The highest BCUT2D eigenvalue weighted by Gasteiger charge is 2.40. The van der Waals surface area contributed by atoms with Gasteiger partial charge >= 0.3 is 12.0 Å². The Morgan fingerprint density at radius 3 is 2.86 bits per heavy atom. The van der Waals surface area contributed by atoms with E-state index in [9.17, 15) is 14.7 Å². The third kappa shape index (κ3) is 3.51. The summed E-state index contributed by atoms with van der Waals surface area (Å²) in [6, 6.07) is -0.620. The number of carbonyl (C=O) groups excluding carboxylic acids is 1. The van der Waals surface area contributed by atoms with Crippen molar-refractivity contribution in [1.82, 2.24) is 14.8 Å². The molecule has 2 amide bonds. The van der Waals surface area contributed by atoms with Crippen molar-refractivity contribution in [3.05, 3.63) is 16.6 Å². The molecule has 21 heavy (non-hydrogen) atoms. The number of urea groups is 1. The normalized spacial score (nSPS) is 21.2. The Morgan fingerprint density at radius 1 is 1.52 bits per heavy atom.